The summed E-state index contributed by atoms with van der Waals surface area (Å²) in [5.41, 5.74) is 1.44. The Morgan fingerprint density at radius 1 is 0.867 bits per heavy atom. The van der Waals surface area contributed by atoms with Crippen LogP contribution in [0.25, 0.3) is 6.08 Å². The number of benzene rings is 3. The van der Waals surface area contributed by atoms with Crippen LogP contribution >= 0.6 is 11.6 Å². The minimum Gasteiger partial charge on any atom is -0.497 e. The Bertz CT molecular complexity index is 1090. The van der Waals surface area contributed by atoms with Crippen molar-refractivity contribution in [3.63, 3.8) is 0 Å². The number of methoxy groups -OCH3 is 2. The zero-order valence-electron chi connectivity index (χ0n) is 16.4. The molecule has 0 saturated heterocycles. The number of carbonyl (C=O) groups is 2. The lowest BCUT2D eigenvalue weighted by molar-refractivity contribution is 0.0735. The summed E-state index contributed by atoms with van der Waals surface area (Å²) in [6.45, 7) is 0. The first-order valence-electron chi connectivity index (χ1n) is 9.03. The molecule has 0 saturated carbocycles. The van der Waals surface area contributed by atoms with E-state index in [2.05, 4.69) is 0 Å². The maximum atomic E-state index is 12.5. The van der Waals surface area contributed by atoms with Crippen LogP contribution in [0.1, 0.15) is 26.3 Å². The van der Waals surface area contributed by atoms with Gasteiger partial charge in [-0.2, -0.15) is 0 Å². The van der Waals surface area contributed by atoms with Crippen molar-refractivity contribution in [3.8, 4) is 17.2 Å². The van der Waals surface area contributed by atoms with Crippen molar-refractivity contribution < 1.29 is 23.8 Å². The number of hydrogen-bond donors (Lipinski definition) is 0. The second kappa shape index (κ2) is 9.76. The number of allylic oxidation sites excluding steroid dienone is 1. The summed E-state index contributed by atoms with van der Waals surface area (Å²) in [5.74, 6) is 0.831. The van der Waals surface area contributed by atoms with Gasteiger partial charge in [0.2, 0.25) is 0 Å². The summed E-state index contributed by atoms with van der Waals surface area (Å²) in [5, 5.41) is 0.312. The minimum atomic E-state index is -0.565. The van der Waals surface area contributed by atoms with Crippen molar-refractivity contribution in [1.82, 2.24) is 0 Å². The number of ether oxygens (including phenoxy) is 3. The van der Waals surface area contributed by atoms with E-state index in [1.54, 1.807) is 87.0 Å². The molecule has 3 rings (SSSR count). The van der Waals surface area contributed by atoms with E-state index in [-0.39, 0.29) is 11.3 Å². The Labute approximate surface area is 179 Å². The first-order valence-corrected chi connectivity index (χ1v) is 9.41. The molecule has 30 heavy (non-hydrogen) atoms. The first-order chi connectivity index (χ1) is 14.5. The SMILES string of the molecule is COc1ccc(OC)c(C=CC(=O)c2ccc(OC(=O)c3ccccc3Cl)cc2)c1. The molecule has 152 valence electrons. The molecule has 5 nitrogen and oxygen atoms in total. The third-order valence-corrected chi connectivity index (χ3v) is 4.62. The molecule has 0 amide bonds. The Kier molecular flexibility index (Phi) is 6.88. The molecule has 0 aliphatic rings. The van der Waals surface area contributed by atoms with E-state index in [9.17, 15) is 9.59 Å². The molecular formula is C24H19ClO5. The van der Waals surface area contributed by atoms with Crippen molar-refractivity contribution in [1.29, 1.82) is 0 Å². The van der Waals surface area contributed by atoms with E-state index in [1.165, 1.54) is 6.08 Å². The van der Waals surface area contributed by atoms with Crippen LogP contribution in [0.3, 0.4) is 0 Å². The normalized spacial score (nSPS) is 10.6. The van der Waals surface area contributed by atoms with E-state index < -0.39 is 5.97 Å². The van der Waals surface area contributed by atoms with Gasteiger partial charge in [0.05, 0.1) is 24.8 Å². The fourth-order valence-corrected chi connectivity index (χ4v) is 2.92. The predicted molar refractivity (Wildman–Crippen MR) is 116 cm³/mol. The fourth-order valence-electron chi connectivity index (χ4n) is 2.71. The number of halogens is 1. The average molecular weight is 423 g/mol. The third-order valence-electron chi connectivity index (χ3n) is 4.29. The van der Waals surface area contributed by atoms with Gasteiger partial charge in [-0.1, -0.05) is 23.7 Å². The van der Waals surface area contributed by atoms with Crippen LogP contribution in [0.5, 0.6) is 17.2 Å². The number of esters is 1. The maximum Gasteiger partial charge on any atom is 0.345 e. The lowest BCUT2D eigenvalue weighted by Crippen LogP contribution is -2.09. The van der Waals surface area contributed by atoms with Crippen LogP contribution in [0, 0.1) is 0 Å². The van der Waals surface area contributed by atoms with Gasteiger partial charge in [-0.15, -0.1) is 0 Å². The average Bonchev–Trinajstić information content (AvgIpc) is 2.78. The van der Waals surface area contributed by atoms with E-state index in [0.717, 1.165) is 5.56 Å². The summed E-state index contributed by atoms with van der Waals surface area (Å²) in [7, 11) is 3.13. The number of ketones is 1. The number of hydrogen-bond acceptors (Lipinski definition) is 5. The molecule has 0 aliphatic carbocycles. The quantitative estimate of drug-likeness (QED) is 0.218. The summed E-state index contributed by atoms with van der Waals surface area (Å²) < 4.78 is 15.8. The fraction of sp³-hybridized carbons (Fsp3) is 0.0833. The van der Waals surface area contributed by atoms with Crippen molar-refractivity contribution in [2.45, 2.75) is 0 Å². The molecule has 0 unspecified atom stereocenters. The van der Waals surface area contributed by atoms with Crippen LogP contribution in [0.15, 0.2) is 72.8 Å². The zero-order chi connectivity index (χ0) is 21.5. The smallest absolute Gasteiger partial charge is 0.345 e. The van der Waals surface area contributed by atoms with Gasteiger partial charge in [0, 0.05) is 11.1 Å². The highest BCUT2D eigenvalue weighted by atomic mass is 35.5. The summed E-state index contributed by atoms with van der Waals surface area (Å²) in [6.07, 6.45) is 3.11. The summed E-state index contributed by atoms with van der Waals surface area (Å²) in [6, 6.07) is 18.2. The Hall–Kier alpha value is -3.57. The number of carbonyl (C=O) groups excluding carboxylic acids is 2. The van der Waals surface area contributed by atoms with E-state index in [1.807, 2.05) is 0 Å². The second-order valence-corrected chi connectivity index (χ2v) is 6.61. The van der Waals surface area contributed by atoms with Gasteiger partial charge in [0.1, 0.15) is 17.2 Å². The Balaban J connectivity index is 1.70. The standard InChI is InChI=1S/C24H19ClO5/c1-28-19-12-14-23(29-2)17(15-19)9-13-22(26)16-7-10-18(11-8-16)30-24(27)20-5-3-4-6-21(20)25/h3-15H,1-2H3. The van der Waals surface area contributed by atoms with Crippen LogP contribution in [0.4, 0.5) is 0 Å². The van der Waals surface area contributed by atoms with Gasteiger partial charge in [-0.05, 0) is 66.7 Å². The molecule has 0 aromatic heterocycles. The topological polar surface area (TPSA) is 61.8 Å². The Morgan fingerprint density at radius 2 is 1.57 bits per heavy atom. The highest BCUT2D eigenvalue weighted by molar-refractivity contribution is 6.33. The van der Waals surface area contributed by atoms with Gasteiger partial charge >= 0.3 is 5.97 Å². The molecule has 0 heterocycles. The van der Waals surface area contributed by atoms with Gasteiger partial charge in [0.25, 0.3) is 0 Å². The van der Waals surface area contributed by atoms with E-state index in [0.29, 0.717) is 27.8 Å². The molecule has 3 aromatic carbocycles. The lowest BCUT2D eigenvalue weighted by Gasteiger charge is -2.07. The first kappa shape index (κ1) is 21.1. The largest absolute Gasteiger partial charge is 0.497 e. The minimum absolute atomic E-state index is 0.205. The molecule has 0 bridgehead atoms. The lowest BCUT2D eigenvalue weighted by atomic mass is 10.1. The molecule has 6 heteroatoms. The molecule has 0 radical (unpaired) electrons. The molecule has 0 atom stereocenters. The monoisotopic (exact) mass is 422 g/mol. The highest BCUT2D eigenvalue weighted by Gasteiger charge is 2.12. The van der Waals surface area contributed by atoms with Gasteiger partial charge in [-0.25, -0.2) is 4.79 Å². The number of rotatable bonds is 7. The third kappa shape index (κ3) is 5.07. The Morgan fingerprint density at radius 3 is 2.23 bits per heavy atom. The van der Waals surface area contributed by atoms with Crippen molar-refractivity contribution in [2.24, 2.45) is 0 Å². The molecular weight excluding hydrogens is 404 g/mol. The summed E-state index contributed by atoms with van der Waals surface area (Å²) in [4.78, 5) is 24.7. The van der Waals surface area contributed by atoms with Gasteiger partial charge in [0.15, 0.2) is 5.78 Å². The van der Waals surface area contributed by atoms with Crippen molar-refractivity contribution >= 4 is 29.4 Å². The van der Waals surface area contributed by atoms with Crippen molar-refractivity contribution in [2.75, 3.05) is 14.2 Å². The molecule has 3 aromatic rings. The zero-order valence-corrected chi connectivity index (χ0v) is 17.2. The molecule has 0 aliphatic heterocycles. The maximum absolute atomic E-state index is 12.5. The highest BCUT2D eigenvalue weighted by Crippen LogP contribution is 2.25. The summed E-state index contributed by atoms with van der Waals surface area (Å²) >= 11 is 6.01. The van der Waals surface area contributed by atoms with Crippen molar-refractivity contribution in [3.05, 3.63) is 94.5 Å². The van der Waals surface area contributed by atoms with E-state index in [4.69, 9.17) is 25.8 Å². The van der Waals surface area contributed by atoms with E-state index >= 15 is 0 Å². The second-order valence-electron chi connectivity index (χ2n) is 6.20. The van der Waals surface area contributed by atoms with Crippen LogP contribution in [-0.4, -0.2) is 26.0 Å². The van der Waals surface area contributed by atoms with Gasteiger partial charge < -0.3 is 14.2 Å². The van der Waals surface area contributed by atoms with Crippen LogP contribution in [0.2, 0.25) is 5.02 Å². The van der Waals surface area contributed by atoms with Crippen LogP contribution < -0.4 is 14.2 Å². The van der Waals surface area contributed by atoms with Gasteiger partial charge in [-0.3, -0.25) is 4.79 Å². The molecule has 0 spiro atoms. The molecule has 0 N–H and O–H groups in total. The predicted octanol–water partition coefficient (Wildman–Crippen LogP) is 5.47. The molecule has 0 fully saturated rings. The van der Waals surface area contributed by atoms with Crippen LogP contribution in [-0.2, 0) is 0 Å².